The fourth-order valence-electron chi connectivity index (χ4n) is 2.19. The van der Waals surface area contributed by atoms with Crippen molar-refractivity contribution in [1.82, 2.24) is 9.78 Å². The molecule has 1 heterocycles. The van der Waals surface area contributed by atoms with E-state index in [2.05, 4.69) is 10.4 Å². The first kappa shape index (κ1) is 18.3. The quantitative estimate of drug-likeness (QED) is 0.864. The second kappa shape index (κ2) is 6.83. The molecule has 0 radical (unpaired) electrons. The smallest absolute Gasteiger partial charge is 0.386 e. The summed E-state index contributed by atoms with van der Waals surface area (Å²) in [6.07, 6.45) is -1.84. The van der Waals surface area contributed by atoms with E-state index in [-0.39, 0.29) is 18.8 Å². The number of hydrogen-bond donors (Lipinski definition) is 2. The molecule has 1 aromatic carbocycles. The Kier molecular flexibility index (Phi) is 5.00. The predicted molar refractivity (Wildman–Crippen MR) is 82.2 cm³/mol. The monoisotopic (exact) mass is 349 g/mol. The van der Waals surface area contributed by atoms with Crippen molar-refractivity contribution in [2.45, 2.75) is 25.2 Å². The molecule has 0 fully saturated rings. The maximum absolute atomic E-state index is 12.9. The second-order valence-corrected chi connectivity index (χ2v) is 5.76. The number of aromatic nitrogens is 2. The molecule has 0 aliphatic rings. The maximum atomic E-state index is 12.9. The van der Waals surface area contributed by atoms with E-state index in [4.69, 9.17) is 10.5 Å². The van der Waals surface area contributed by atoms with Crippen LogP contribution >= 0.6 is 0 Å². The lowest BCUT2D eigenvalue weighted by Crippen LogP contribution is -2.38. The summed E-state index contributed by atoms with van der Waals surface area (Å²) in [4.78, 5) is 0. The lowest BCUT2D eigenvalue weighted by molar-refractivity contribution is -0.137. The summed E-state index contributed by atoms with van der Waals surface area (Å²) in [5.74, 6) is 0. The zero-order valence-electron chi connectivity index (χ0n) is 13.2. The largest absolute Gasteiger partial charge is 0.417 e. The highest BCUT2D eigenvalue weighted by molar-refractivity contribution is 5.53. The Morgan fingerprint density at radius 1 is 1.28 bits per heavy atom. The fraction of sp³-hybridized carbons (Fsp3) is 0.312. The molecular formula is C16H14F3N5O. The van der Waals surface area contributed by atoms with E-state index in [1.807, 2.05) is 6.07 Å². The molecule has 1 atom stereocenters. The van der Waals surface area contributed by atoms with E-state index >= 15 is 0 Å². The highest BCUT2D eigenvalue weighted by Gasteiger charge is 2.34. The van der Waals surface area contributed by atoms with Gasteiger partial charge in [0.2, 0.25) is 0 Å². The van der Waals surface area contributed by atoms with Crippen molar-refractivity contribution in [3.05, 3.63) is 47.3 Å². The van der Waals surface area contributed by atoms with Gasteiger partial charge in [-0.15, -0.1) is 0 Å². The van der Waals surface area contributed by atoms with Crippen molar-refractivity contribution in [2.24, 2.45) is 0 Å². The zero-order chi connectivity index (χ0) is 18.7. The van der Waals surface area contributed by atoms with Gasteiger partial charge in [-0.1, -0.05) is 0 Å². The SMILES string of the molecule is CC(O)(CNc1ccc(C#N)c(C(F)(F)F)c1)Cn1cc(C#N)cn1. The molecule has 2 aromatic rings. The average Bonchev–Trinajstić information content (AvgIpc) is 2.98. The van der Waals surface area contributed by atoms with Crippen LogP contribution in [0.1, 0.15) is 23.6 Å². The van der Waals surface area contributed by atoms with E-state index < -0.39 is 22.9 Å². The molecule has 0 aliphatic heterocycles. The molecule has 2 N–H and O–H groups in total. The van der Waals surface area contributed by atoms with Gasteiger partial charge in [-0.3, -0.25) is 4.68 Å². The Bertz CT molecular complexity index is 843. The van der Waals surface area contributed by atoms with Gasteiger partial charge in [0, 0.05) is 18.4 Å². The highest BCUT2D eigenvalue weighted by Crippen LogP contribution is 2.33. The summed E-state index contributed by atoms with van der Waals surface area (Å²) >= 11 is 0. The van der Waals surface area contributed by atoms with Crippen LogP contribution in [-0.4, -0.2) is 27.0 Å². The molecule has 0 amide bonds. The molecule has 6 nitrogen and oxygen atoms in total. The second-order valence-electron chi connectivity index (χ2n) is 5.76. The van der Waals surface area contributed by atoms with Gasteiger partial charge in [0.25, 0.3) is 0 Å². The number of anilines is 1. The van der Waals surface area contributed by atoms with Gasteiger partial charge in [0.1, 0.15) is 6.07 Å². The Balaban J connectivity index is 2.09. The summed E-state index contributed by atoms with van der Waals surface area (Å²) in [6, 6.07) is 6.66. The van der Waals surface area contributed by atoms with Crippen molar-refractivity contribution >= 4 is 5.69 Å². The summed E-state index contributed by atoms with van der Waals surface area (Å²) in [6.45, 7) is 1.48. The van der Waals surface area contributed by atoms with Crippen molar-refractivity contribution in [3.63, 3.8) is 0 Å². The molecule has 1 aromatic heterocycles. The van der Waals surface area contributed by atoms with Gasteiger partial charge >= 0.3 is 6.18 Å². The first-order valence-corrected chi connectivity index (χ1v) is 7.15. The number of alkyl halides is 3. The van der Waals surface area contributed by atoms with Crippen LogP contribution in [0.15, 0.2) is 30.6 Å². The van der Waals surface area contributed by atoms with E-state index in [1.54, 1.807) is 0 Å². The first-order valence-electron chi connectivity index (χ1n) is 7.15. The van der Waals surface area contributed by atoms with Crippen LogP contribution in [0.4, 0.5) is 18.9 Å². The summed E-state index contributed by atoms with van der Waals surface area (Å²) in [5, 5.41) is 34.5. The van der Waals surface area contributed by atoms with Gasteiger partial charge in [-0.25, -0.2) is 0 Å². The van der Waals surface area contributed by atoms with Gasteiger partial charge in [0.15, 0.2) is 0 Å². The minimum atomic E-state index is -4.64. The van der Waals surface area contributed by atoms with Gasteiger partial charge in [-0.2, -0.15) is 28.8 Å². The van der Waals surface area contributed by atoms with Crippen LogP contribution in [0.25, 0.3) is 0 Å². The predicted octanol–water partition coefficient (Wildman–Crippen LogP) is 2.51. The van der Waals surface area contributed by atoms with Crippen LogP contribution < -0.4 is 5.32 Å². The molecule has 0 saturated carbocycles. The molecule has 0 aliphatic carbocycles. The summed E-state index contributed by atoms with van der Waals surface area (Å²) in [7, 11) is 0. The number of hydrogen-bond acceptors (Lipinski definition) is 5. The van der Waals surface area contributed by atoms with Crippen molar-refractivity contribution in [1.29, 1.82) is 10.5 Å². The molecule has 25 heavy (non-hydrogen) atoms. The molecule has 1 unspecified atom stereocenters. The number of halogens is 3. The number of nitrogens with one attached hydrogen (secondary N) is 1. The van der Waals surface area contributed by atoms with Crippen LogP contribution in [0.3, 0.4) is 0 Å². The zero-order valence-corrected chi connectivity index (χ0v) is 13.2. The third-order valence-corrected chi connectivity index (χ3v) is 3.38. The highest BCUT2D eigenvalue weighted by atomic mass is 19.4. The summed E-state index contributed by atoms with van der Waals surface area (Å²) in [5.41, 5.74) is -2.36. The third-order valence-electron chi connectivity index (χ3n) is 3.38. The maximum Gasteiger partial charge on any atom is 0.417 e. The van der Waals surface area contributed by atoms with Crippen LogP contribution in [0, 0.1) is 22.7 Å². The minimum Gasteiger partial charge on any atom is -0.386 e. The average molecular weight is 349 g/mol. The first-order chi connectivity index (χ1) is 11.6. The normalized spacial score (nSPS) is 13.6. The van der Waals surface area contributed by atoms with Crippen molar-refractivity contribution in [3.8, 4) is 12.1 Å². The standard InChI is InChI=1S/C16H14F3N5O/c1-15(25,10-24-8-11(5-20)7-23-24)9-22-13-3-2-12(6-21)14(4-13)16(17,18)19/h2-4,7-8,22,25H,9-10H2,1H3. The Hall–Kier alpha value is -3.04. The van der Waals surface area contributed by atoms with Crippen LogP contribution in [0.5, 0.6) is 0 Å². The molecule has 0 bridgehead atoms. The van der Waals surface area contributed by atoms with Crippen molar-refractivity contribution < 1.29 is 18.3 Å². The lowest BCUT2D eigenvalue weighted by Gasteiger charge is -2.24. The Morgan fingerprint density at radius 2 is 2.00 bits per heavy atom. The van der Waals surface area contributed by atoms with Gasteiger partial charge in [-0.05, 0) is 25.1 Å². The number of nitriles is 2. The van der Waals surface area contributed by atoms with E-state index in [0.29, 0.717) is 5.56 Å². The van der Waals surface area contributed by atoms with E-state index in [0.717, 1.165) is 12.1 Å². The summed E-state index contributed by atoms with van der Waals surface area (Å²) < 4.78 is 40.2. The number of nitrogens with zero attached hydrogens (tertiary/aromatic N) is 4. The van der Waals surface area contributed by atoms with Crippen LogP contribution in [-0.2, 0) is 12.7 Å². The number of aliphatic hydroxyl groups is 1. The molecule has 130 valence electrons. The molecule has 2 rings (SSSR count). The van der Waals surface area contributed by atoms with E-state index in [1.165, 1.54) is 36.1 Å². The number of benzene rings is 1. The van der Waals surface area contributed by atoms with E-state index in [9.17, 15) is 18.3 Å². The van der Waals surface area contributed by atoms with Crippen molar-refractivity contribution in [2.75, 3.05) is 11.9 Å². The van der Waals surface area contributed by atoms with Gasteiger partial charge in [0.05, 0.1) is 41.1 Å². The topological polar surface area (TPSA) is 97.7 Å². The van der Waals surface area contributed by atoms with Crippen LogP contribution in [0.2, 0.25) is 0 Å². The van der Waals surface area contributed by atoms with Gasteiger partial charge < -0.3 is 10.4 Å². The third kappa shape index (κ3) is 4.72. The molecule has 0 spiro atoms. The molecular weight excluding hydrogens is 335 g/mol. The molecule has 9 heteroatoms. The molecule has 0 saturated heterocycles. The fourth-order valence-corrected chi connectivity index (χ4v) is 2.19. The number of rotatable bonds is 5. The minimum absolute atomic E-state index is 0.0457. The Morgan fingerprint density at radius 3 is 2.56 bits per heavy atom. The lowest BCUT2D eigenvalue weighted by atomic mass is 10.1. The Labute approximate surface area is 141 Å².